The third-order valence-corrected chi connectivity index (χ3v) is 1.86. The van der Waals surface area contributed by atoms with E-state index in [2.05, 4.69) is 0 Å². The van der Waals surface area contributed by atoms with Crippen LogP contribution >= 0.6 is 11.6 Å². The highest BCUT2D eigenvalue weighted by Gasteiger charge is 2.02. The van der Waals surface area contributed by atoms with Crippen molar-refractivity contribution in [2.45, 2.75) is 6.92 Å². The van der Waals surface area contributed by atoms with Gasteiger partial charge in [0, 0.05) is 11.6 Å². The van der Waals surface area contributed by atoms with Crippen LogP contribution in [0.5, 0.6) is 0 Å². The number of aryl methyl sites for hydroxylation is 2. The maximum atomic E-state index is 5.84. The summed E-state index contributed by atoms with van der Waals surface area (Å²) in [5, 5.41) is 0.803. The number of aromatic nitrogens is 1. The molecule has 56 valence electrons. The Labute approximate surface area is 83.0 Å². The van der Waals surface area contributed by atoms with E-state index in [1.54, 1.807) is 0 Å². The number of hydrogen-bond donors (Lipinski definition) is 0. The molecule has 1 rings (SSSR count). The Hall–Kier alpha value is 0.170. The van der Waals surface area contributed by atoms with E-state index in [1.165, 1.54) is 0 Å². The van der Waals surface area contributed by atoms with Gasteiger partial charge in [0.15, 0.2) is 6.20 Å². The van der Waals surface area contributed by atoms with Gasteiger partial charge in [0.2, 0.25) is 0 Å². The normalized spacial score (nSPS) is 8.70. The van der Waals surface area contributed by atoms with Gasteiger partial charge >= 0.3 is 0 Å². The van der Waals surface area contributed by atoms with Crippen LogP contribution in [0.2, 0.25) is 5.15 Å². The zero-order valence-corrected chi connectivity index (χ0v) is 8.85. The van der Waals surface area contributed by atoms with Crippen molar-refractivity contribution in [3.05, 3.63) is 29.0 Å². The molecule has 0 aromatic carbocycles. The number of hydrogen-bond acceptors (Lipinski definition) is 0. The maximum Gasteiger partial charge on any atom is 0.277 e. The fourth-order valence-corrected chi connectivity index (χ4v) is 0.848. The first-order valence-corrected chi connectivity index (χ1v) is 3.20. The van der Waals surface area contributed by atoms with Crippen molar-refractivity contribution in [2.75, 3.05) is 0 Å². The van der Waals surface area contributed by atoms with Crippen LogP contribution in [-0.4, -0.2) is 0 Å². The van der Waals surface area contributed by atoms with E-state index in [0.717, 1.165) is 10.7 Å². The summed E-state index contributed by atoms with van der Waals surface area (Å²) < 4.78 is 1.89. The van der Waals surface area contributed by atoms with Gasteiger partial charge in [-0.2, -0.15) is 4.57 Å². The maximum absolute atomic E-state index is 5.84. The monoisotopic (exact) mass is 269 g/mol. The highest BCUT2D eigenvalue weighted by molar-refractivity contribution is 6.29. The highest BCUT2D eigenvalue weighted by atomic mass is 127. The molecular formula is C7H9ClIN. The Morgan fingerprint density at radius 3 is 2.50 bits per heavy atom. The summed E-state index contributed by atoms with van der Waals surface area (Å²) in [6.07, 6.45) is 1.93. The largest absolute Gasteiger partial charge is 1.00 e. The Morgan fingerprint density at radius 1 is 1.50 bits per heavy atom. The second kappa shape index (κ2) is 4.13. The quantitative estimate of drug-likeness (QED) is 0.306. The van der Waals surface area contributed by atoms with Gasteiger partial charge in [-0.25, -0.2) is 0 Å². The Kier molecular flexibility index (Phi) is 4.20. The molecule has 0 saturated heterocycles. The van der Waals surface area contributed by atoms with Gasteiger partial charge in [-0.3, -0.25) is 0 Å². The summed E-state index contributed by atoms with van der Waals surface area (Å²) in [5.41, 5.74) is 1.11. The topological polar surface area (TPSA) is 3.88 Å². The molecule has 0 aliphatic rings. The number of nitrogens with zero attached hydrogens (tertiary/aromatic N) is 1. The van der Waals surface area contributed by atoms with E-state index in [9.17, 15) is 0 Å². The van der Waals surface area contributed by atoms with Gasteiger partial charge in [0.25, 0.3) is 5.15 Å². The third kappa shape index (κ3) is 2.09. The molecule has 0 atom stereocenters. The van der Waals surface area contributed by atoms with Crippen LogP contribution in [0.25, 0.3) is 0 Å². The lowest BCUT2D eigenvalue weighted by molar-refractivity contribution is -0.669. The second-order valence-electron chi connectivity index (χ2n) is 2.09. The van der Waals surface area contributed by atoms with E-state index in [0.29, 0.717) is 0 Å². The lowest BCUT2D eigenvalue weighted by atomic mass is 10.3. The first kappa shape index (κ1) is 10.2. The summed E-state index contributed by atoms with van der Waals surface area (Å²) in [6, 6.07) is 3.96. The molecule has 0 radical (unpaired) electrons. The molecule has 3 heteroatoms. The predicted molar refractivity (Wildman–Crippen MR) is 37.4 cm³/mol. The molecule has 0 aliphatic heterocycles. The van der Waals surface area contributed by atoms with Gasteiger partial charge in [-0.05, 0) is 24.6 Å². The zero-order chi connectivity index (χ0) is 6.85. The zero-order valence-electron chi connectivity index (χ0n) is 5.94. The molecule has 0 spiro atoms. The molecular weight excluding hydrogens is 260 g/mol. The van der Waals surface area contributed by atoms with Gasteiger partial charge in [-0.15, -0.1) is 0 Å². The predicted octanol–water partition coefficient (Wildman–Crippen LogP) is -1.52. The van der Waals surface area contributed by atoms with Crippen molar-refractivity contribution in [1.82, 2.24) is 0 Å². The van der Waals surface area contributed by atoms with Crippen LogP contribution in [-0.2, 0) is 7.05 Å². The minimum Gasteiger partial charge on any atom is -1.00 e. The number of halogens is 2. The summed E-state index contributed by atoms with van der Waals surface area (Å²) in [7, 11) is 1.93. The first-order valence-electron chi connectivity index (χ1n) is 2.82. The molecule has 0 aliphatic carbocycles. The summed E-state index contributed by atoms with van der Waals surface area (Å²) >= 11 is 5.84. The molecule has 0 unspecified atom stereocenters. The minimum atomic E-state index is 0. The fourth-order valence-electron chi connectivity index (χ4n) is 0.729. The summed E-state index contributed by atoms with van der Waals surface area (Å²) in [6.45, 7) is 1.99. The first-order chi connectivity index (χ1) is 4.22. The van der Waals surface area contributed by atoms with Crippen LogP contribution in [0.3, 0.4) is 0 Å². The third-order valence-electron chi connectivity index (χ3n) is 1.29. The van der Waals surface area contributed by atoms with Crippen molar-refractivity contribution in [1.29, 1.82) is 0 Å². The summed E-state index contributed by atoms with van der Waals surface area (Å²) in [4.78, 5) is 0. The molecule has 1 nitrogen and oxygen atoms in total. The van der Waals surface area contributed by atoms with E-state index < -0.39 is 0 Å². The smallest absolute Gasteiger partial charge is 0.277 e. The molecule has 1 aromatic rings. The Morgan fingerprint density at radius 2 is 2.10 bits per heavy atom. The lowest BCUT2D eigenvalue weighted by Crippen LogP contribution is -3.00. The SMILES string of the molecule is Cc1ccc[n+](C)c1Cl.[I-]. The van der Waals surface area contributed by atoms with Crippen molar-refractivity contribution < 1.29 is 28.5 Å². The van der Waals surface area contributed by atoms with Gasteiger partial charge < -0.3 is 24.0 Å². The van der Waals surface area contributed by atoms with E-state index in [4.69, 9.17) is 11.6 Å². The minimum absolute atomic E-state index is 0. The Bertz CT molecular complexity index is 205. The second-order valence-corrected chi connectivity index (χ2v) is 2.45. The molecule has 0 N–H and O–H groups in total. The average molecular weight is 270 g/mol. The molecule has 10 heavy (non-hydrogen) atoms. The van der Waals surface area contributed by atoms with Gasteiger partial charge in [0.05, 0.1) is 0 Å². The average Bonchev–Trinajstić information content (AvgIpc) is 1.83. The molecule has 0 bridgehead atoms. The van der Waals surface area contributed by atoms with Crippen LogP contribution in [0.4, 0.5) is 0 Å². The van der Waals surface area contributed by atoms with Crippen molar-refractivity contribution in [2.24, 2.45) is 7.05 Å². The van der Waals surface area contributed by atoms with E-state index in [1.807, 2.05) is 36.9 Å². The summed E-state index contributed by atoms with van der Waals surface area (Å²) in [5.74, 6) is 0. The molecule has 0 saturated carbocycles. The molecule has 0 amide bonds. The van der Waals surface area contributed by atoms with Crippen LogP contribution < -0.4 is 28.5 Å². The van der Waals surface area contributed by atoms with Crippen molar-refractivity contribution in [3.63, 3.8) is 0 Å². The van der Waals surface area contributed by atoms with Crippen LogP contribution in [0.15, 0.2) is 18.3 Å². The van der Waals surface area contributed by atoms with Crippen molar-refractivity contribution in [3.8, 4) is 0 Å². The Balaban J connectivity index is 0.000000810. The van der Waals surface area contributed by atoms with Crippen LogP contribution in [0.1, 0.15) is 5.56 Å². The fraction of sp³-hybridized carbons (Fsp3) is 0.286. The number of pyridine rings is 1. The van der Waals surface area contributed by atoms with Gasteiger partial charge in [0.1, 0.15) is 7.05 Å². The molecule has 0 fully saturated rings. The van der Waals surface area contributed by atoms with Crippen LogP contribution in [0, 0.1) is 6.92 Å². The molecule has 1 aromatic heterocycles. The van der Waals surface area contributed by atoms with Gasteiger partial charge in [-0.1, -0.05) is 0 Å². The standard InChI is InChI=1S/C7H9ClN.HI/c1-6-4-3-5-9(2)7(6)8;/h3-5H,1-2H3;1H/q+1;/p-1. The van der Waals surface area contributed by atoms with Crippen molar-refractivity contribution >= 4 is 11.6 Å². The lowest BCUT2D eigenvalue weighted by Gasteiger charge is -1.91. The number of rotatable bonds is 0. The van der Waals surface area contributed by atoms with E-state index >= 15 is 0 Å². The van der Waals surface area contributed by atoms with E-state index in [-0.39, 0.29) is 24.0 Å². The molecule has 1 heterocycles. The highest BCUT2D eigenvalue weighted by Crippen LogP contribution is 2.05.